The molecule has 9 heteroatoms. The molecule has 0 radical (unpaired) electrons. The van der Waals surface area contributed by atoms with Gasteiger partial charge in [0.05, 0.1) is 29.3 Å². The zero-order valence-corrected chi connectivity index (χ0v) is 23.0. The molecule has 4 heterocycles. The van der Waals surface area contributed by atoms with E-state index in [9.17, 15) is 19.5 Å². The molecule has 1 unspecified atom stereocenters. The van der Waals surface area contributed by atoms with Crippen LogP contribution in [-0.2, 0) is 23.9 Å². The van der Waals surface area contributed by atoms with Gasteiger partial charge in [-0.3, -0.25) is 14.4 Å². The van der Waals surface area contributed by atoms with Crippen molar-refractivity contribution in [3.8, 4) is 0 Å². The Bertz CT molecular complexity index is 1200. The second-order valence-electron chi connectivity index (χ2n) is 10.8. The third kappa shape index (κ3) is 3.67. The second kappa shape index (κ2) is 9.81. The normalized spacial score (nSPS) is 33.8. The van der Waals surface area contributed by atoms with E-state index in [1.807, 2.05) is 52.0 Å². The summed E-state index contributed by atoms with van der Waals surface area (Å²) in [5, 5.41) is 10.9. The van der Waals surface area contributed by atoms with Crippen LogP contribution in [0.15, 0.2) is 42.5 Å². The van der Waals surface area contributed by atoms with Gasteiger partial charge in [-0.15, -0.1) is 0 Å². The molecule has 1 aromatic rings. The lowest BCUT2D eigenvalue weighted by Crippen LogP contribution is -2.60. The summed E-state index contributed by atoms with van der Waals surface area (Å²) >= 11 is 6.60. The molecule has 0 aromatic heterocycles. The molecular weight excluding hydrogens is 508 g/mol. The van der Waals surface area contributed by atoms with Gasteiger partial charge in [-0.05, 0) is 37.0 Å². The predicted molar refractivity (Wildman–Crippen MR) is 143 cm³/mol. The number of cyclic esters (lactones) is 1. The molecule has 0 saturated carbocycles. The smallest absolute Gasteiger partial charge is 0.313 e. The molecule has 38 heavy (non-hydrogen) atoms. The van der Waals surface area contributed by atoms with E-state index in [0.717, 1.165) is 5.56 Å². The Morgan fingerprint density at radius 2 is 1.89 bits per heavy atom. The van der Waals surface area contributed by atoms with Gasteiger partial charge in [0.25, 0.3) is 5.91 Å². The molecule has 2 amide bonds. The molecule has 2 saturated heterocycles. The standard InChI is InChI=1S/C29H35ClN2O6/c1-5-17(3)20(16-33)32-24-26(35)31(23-18(4)10-7-11-19(23)30)14-8-13-29(24)21(25(32)34)22-27(36)37-15-9-12-28(22,6-2)38-29/h7-13,17,20-22,24,33H,5-6,14-16H2,1-4H3/t17-,20-,21-,22+,24?,28-,29-/m0/s1. The highest BCUT2D eigenvalue weighted by Gasteiger charge is 2.76. The first kappa shape index (κ1) is 26.9. The Balaban J connectivity index is 1.73. The monoisotopic (exact) mass is 542 g/mol. The van der Waals surface area contributed by atoms with Crippen LogP contribution in [0.3, 0.4) is 0 Å². The van der Waals surface area contributed by atoms with Crippen molar-refractivity contribution in [3.63, 3.8) is 0 Å². The summed E-state index contributed by atoms with van der Waals surface area (Å²) in [5.41, 5.74) is -1.13. The van der Waals surface area contributed by atoms with Crippen LogP contribution < -0.4 is 4.90 Å². The van der Waals surface area contributed by atoms with Crippen molar-refractivity contribution in [2.45, 2.75) is 63.8 Å². The maximum Gasteiger partial charge on any atom is 0.313 e. The molecule has 7 atom stereocenters. The highest BCUT2D eigenvalue weighted by atomic mass is 35.5. The Hall–Kier alpha value is -2.68. The number of para-hydroxylation sites is 1. The molecule has 0 bridgehead atoms. The maximum atomic E-state index is 14.6. The Morgan fingerprint density at radius 1 is 1.13 bits per heavy atom. The van der Waals surface area contributed by atoms with Gasteiger partial charge in [0.1, 0.15) is 29.8 Å². The van der Waals surface area contributed by atoms with Crippen LogP contribution in [0.1, 0.15) is 39.2 Å². The van der Waals surface area contributed by atoms with Gasteiger partial charge in [-0.25, -0.2) is 0 Å². The van der Waals surface area contributed by atoms with Gasteiger partial charge >= 0.3 is 5.97 Å². The first-order chi connectivity index (χ1) is 18.2. The van der Waals surface area contributed by atoms with Gasteiger partial charge in [0.2, 0.25) is 5.91 Å². The fourth-order valence-electron chi connectivity index (χ4n) is 6.87. The number of halogens is 1. The number of hydrogen-bond acceptors (Lipinski definition) is 6. The number of esters is 1. The number of amides is 2. The molecule has 204 valence electrons. The lowest BCUT2D eigenvalue weighted by atomic mass is 9.73. The van der Waals surface area contributed by atoms with Crippen molar-refractivity contribution >= 4 is 35.1 Å². The fraction of sp³-hybridized carbons (Fsp3) is 0.552. The second-order valence-corrected chi connectivity index (χ2v) is 11.2. The minimum atomic E-state index is -1.42. The topological polar surface area (TPSA) is 96.4 Å². The molecule has 1 N–H and O–H groups in total. The SMILES string of the molecule is CC[C@H](C)[C@H](CO)N1C(=O)[C@@H]2[C@@H]3C(=O)OCC=C[C@]3(CC)O[C@@]23C=CCN(c2c(C)cccc2Cl)C(=O)C13. The van der Waals surface area contributed by atoms with Crippen molar-refractivity contribution < 1.29 is 29.0 Å². The van der Waals surface area contributed by atoms with Gasteiger partial charge in [0.15, 0.2) is 0 Å². The number of carbonyl (C=O) groups excluding carboxylic acids is 3. The number of aryl methyl sites for hydroxylation is 1. The fourth-order valence-corrected chi connectivity index (χ4v) is 7.20. The summed E-state index contributed by atoms with van der Waals surface area (Å²) in [7, 11) is 0. The summed E-state index contributed by atoms with van der Waals surface area (Å²) in [5.74, 6) is -3.25. The largest absolute Gasteiger partial charge is 0.461 e. The van der Waals surface area contributed by atoms with Crippen LogP contribution in [-0.4, -0.2) is 70.8 Å². The van der Waals surface area contributed by atoms with Crippen molar-refractivity contribution in [1.82, 2.24) is 4.90 Å². The first-order valence-corrected chi connectivity index (χ1v) is 13.8. The van der Waals surface area contributed by atoms with Crippen molar-refractivity contribution in [2.24, 2.45) is 17.8 Å². The van der Waals surface area contributed by atoms with E-state index in [1.165, 1.54) is 4.90 Å². The summed E-state index contributed by atoms with van der Waals surface area (Å²) in [6, 6.07) is 3.70. The molecule has 1 aromatic carbocycles. The van der Waals surface area contributed by atoms with Crippen LogP contribution in [0.4, 0.5) is 5.69 Å². The van der Waals surface area contributed by atoms with Gasteiger partial charge in [-0.1, -0.05) is 69.2 Å². The third-order valence-corrected chi connectivity index (χ3v) is 9.24. The van der Waals surface area contributed by atoms with E-state index >= 15 is 0 Å². The molecule has 2 fully saturated rings. The van der Waals surface area contributed by atoms with Gasteiger partial charge < -0.3 is 24.4 Å². The van der Waals surface area contributed by atoms with Crippen LogP contribution in [0.2, 0.25) is 5.02 Å². The molecule has 8 nitrogen and oxygen atoms in total. The lowest BCUT2D eigenvalue weighted by molar-refractivity contribution is -0.159. The van der Waals surface area contributed by atoms with Crippen molar-refractivity contribution in [1.29, 1.82) is 0 Å². The number of likely N-dealkylation sites (tertiary alicyclic amines) is 1. The average Bonchev–Trinajstić information content (AvgIpc) is 3.17. The van der Waals surface area contributed by atoms with E-state index < -0.39 is 41.1 Å². The highest BCUT2D eigenvalue weighted by Crippen LogP contribution is 2.59. The molecule has 5 rings (SSSR count). The number of nitrogens with zero attached hydrogens (tertiary/aromatic N) is 2. The van der Waals surface area contributed by atoms with E-state index in [0.29, 0.717) is 23.6 Å². The van der Waals surface area contributed by atoms with E-state index in [4.69, 9.17) is 21.1 Å². The number of anilines is 1. The zero-order valence-electron chi connectivity index (χ0n) is 22.2. The van der Waals surface area contributed by atoms with Gasteiger partial charge in [0, 0.05) is 6.54 Å². The van der Waals surface area contributed by atoms with E-state index in [1.54, 1.807) is 23.1 Å². The van der Waals surface area contributed by atoms with Crippen molar-refractivity contribution in [3.05, 3.63) is 53.1 Å². The summed E-state index contributed by atoms with van der Waals surface area (Å²) in [4.78, 5) is 45.6. The summed E-state index contributed by atoms with van der Waals surface area (Å²) in [6.45, 7) is 7.70. The molecule has 4 aliphatic heterocycles. The Kier molecular flexibility index (Phi) is 6.95. The number of ether oxygens (including phenoxy) is 2. The van der Waals surface area contributed by atoms with Crippen LogP contribution >= 0.6 is 11.6 Å². The highest BCUT2D eigenvalue weighted by molar-refractivity contribution is 6.34. The number of carbonyl (C=O) groups is 3. The van der Waals surface area contributed by atoms with Crippen LogP contribution in [0.25, 0.3) is 0 Å². The molecule has 1 spiro atoms. The maximum absolute atomic E-state index is 14.6. The Labute approximate surface area is 228 Å². The molecule has 4 aliphatic rings. The average molecular weight is 543 g/mol. The van der Waals surface area contributed by atoms with Gasteiger partial charge in [-0.2, -0.15) is 0 Å². The Morgan fingerprint density at radius 3 is 2.55 bits per heavy atom. The molecule has 0 aliphatic carbocycles. The molecular formula is C29H35ClN2O6. The quantitative estimate of drug-likeness (QED) is 0.437. The van der Waals surface area contributed by atoms with E-state index in [-0.39, 0.29) is 37.5 Å². The minimum absolute atomic E-state index is 0.0992. The number of aliphatic hydroxyl groups excluding tert-OH is 1. The van der Waals surface area contributed by atoms with E-state index in [2.05, 4.69) is 0 Å². The summed E-state index contributed by atoms with van der Waals surface area (Å²) < 4.78 is 12.4. The lowest BCUT2D eigenvalue weighted by Gasteiger charge is -2.42. The number of hydrogen-bond donors (Lipinski definition) is 1. The van der Waals surface area contributed by atoms with Crippen molar-refractivity contribution in [2.75, 3.05) is 24.7 Å². The first-order valence-electron chi connectivity index (χ1n) is 13.4. The minimum Gasteiger partial charge on any atom is -0.461 e. The zero-order chi connectivity index (χ0) is 27.4. The number of fused-ring (bicyclic) bond motifs is 2. The summed E-state index contributed by atoms with van der Waals surface area (Å²) in [6.07, 6.45) is 8.29. The number of aliphatic hydroxyl groups is 1. The number of benzene rings is 1. The third-order valence-electron chi connectivity index (χ3n) is 8.94. The van der Waals surface area contributed by atoms with Crippen LogP contribution in [0.5, 0.6) is 0 Å². The predicted octanol–water partition coefficient (Wildman–Crippen LogP) is 3.43. The number of rotatable bonds is 6. The van der Waals surface area contributed by atoms with Crippen LogP contribution in [0, 0.1) is 24.7 Å².